The Morgan fingerprint density at radius 2 is 2.12 bits per heavy atom. The van der Waals surface area contributed by atoms with E-state index in [1.165, 1.54) is 0 Å². The van der Waals surface area contributed by atoms with Gasteiger partial charge in [-0.3, -0.25) is 4.40 Å². The van der Waals surface area contributed by atoms with Crippen LogP contribution >= 0.6 is 0 Å². The van der Waals surface area contributed by atoms with E-state index >= 15 is 0 Å². The van der Waals surface area contributed by atoms with E-state index in [0.29, 0.717) is 0 Å². The Morgan fingerprint density at radius 1 is 1.32 bits per heavy atom. The molecular weight excluding hydrogens is 320 g/mol. The lowest BCUT2D eigenvalue weighted by atomic mass is 9.85. The van der Waals surface area contributed by atoms with Crippen LogP contribution in [0.4, 0.5) is 4.79 Å². The average Bonchev–Trinajstić information content (AvgIpc) is 2.96. The minimum atomic E-state index is -0.486. The number of methoxy groups -OCH3 is 1. The molecule has 0 radical (unpaired) electrons. The number of hydrogen-bond donors (Lipinski definition) is 1. The molecule has 0 saturated heterocycles. The Balaban J connectivity index is 1.70. The number of rotatable bonds is 3. The maximum atomic E-state index is 12.0. The molecule has 0 aromatic carbocycles. The summed E-state index contributed by atoms with van der Waals surface area (Å²) in [5, 5.41) is 11.6. The quantitative estimate of drug-likeness (QED) is 0.923. The zero-order valence-electron chi connectivity index (χ0n) is 15.3. The number of nitrogens with one attached hydrogen (secondary N) is 1. The molecule has 1 aliphatic rings. The van der Waals surface area contributed by atoms with Gasteiger partial charge in [-0.15, -0.1) is 10.2 Å². The van der Waals surface area contributed by atoms with Crippen molar-refractivity contribution in [1.82, 2.24) is 19.9 Å². The molecule has 7 nitrogen and oxygen atoms in total. The lowest BCUT2D eigenvalue weighted by Gasteiger charge is -2.29. The van der Waals surface area contributed by atoms with Crippen LogP contribution in [-0.4, -0.2) is 39.4 Å². The van der Waals surface area contributed by atoms with Crippen LogP contribution < -0.4 is 10.1 Å². The van der Waals surface area contributed by atoms with Gasteiger partial charge in [0.2, 0.25) is 0 Å². The van der Waals surface area contributed by atoms with E-state index < -0.39 is 5.60 Å². The van der Waals surface area contributed by atoms with Crippen LogP contribution in [-0.2, 0) is 4.74 Å². The van der Waals surface area contributed by atoms with E-state index in [4.69, 9.17) is 9.47 Å². The molecule has 1 fully saturated rings. The van der Waals surface area contributed by atoms with E-state index in [9.17, 15) is 4.79 Å². The third-order valence-corrected chi connectivity index (χ3v) is 4.40. The van der Waals surface area contributed by atoms with Gasteiger partial charge in [0, 0.05) is 24.2 Å². The van der Waals surface area contributed by atoms with Gasteiger partial charge in [0.15, 0.2) is 5.65 Å². The van der Waals surface area contributed by atoms with E-state index in [1.807, 2.05) is 43.5 Å². The fourth-order valence-corrected chi connectivity index (χ4v) is 3.33. The predicted molar refractivity (Wildman–Crippen MR) is 93.9 cm³/mol. The molecular formula is C18H26N4O3. The zero-order valence-corrected chi connectivity index (χ0v) is 15.3. The van der Waals surface area contributed by atoms with Crippen molar-refractivity contribution in [2.75, 3.05) is 7.11 Å². The summed E-state index contributed by atoms with van der Waals surface area (Å²) in [4.78, 5) is 12.0. The molecule has 1 aliphatic carbocycles. The Kier molecular flexibility index (Phi) is 4.83. The van der Waals surface area contributed by atoms with Crippen LogP contribution in [0.3, 0.4) is 0 Å². The molecule has 0 unspecified atom stereocenters. The maximum absolute atomic E-state index is 12.0. The molecule has 2 atom stereocenters. The van der Waals surface area contributed by atoms with Crippen LogP contribution in [0.5, 0.6) is 5.75 Å². The van der Waals surface area contributed by atoms with Gasteiger partial charge in [0.1, 0.15) is 17.2 Å². The summed E-state index contributed by atoms with van der Waals surface area (Å²) in [6.45, 7) is 5.60. The number of carbonyl (C=O) groups excluding carboxylic acids is 1. The number of amides is 1. The molecule has 0 spiro atoms. The maximum Gasteiger partial charge on any atom is 0.407 e. The molecule has 136 valence electrons. The molecule has 0 aliphatic heterocycles. The second kappa shape index (κ2) is 6.90. The number of alkyl carbamates (subject to hydrolysis) is 1. The van der Waals surface area contributed by atoms with Gasteiger partial charge in [-0.25, -0.2) is 4.79 Å². The van der Waals surface area contributed by atoms with Crippen molar-refractivity contribution in [3.05, 3.63) is 24.2 Å². The molecule has 0 bridgehead atoms. The van der Waals surface area contributed by atoms with E-state index in [-0.39, 0.29) is 18.1 Å². The second-order valence-electron chi connectivity index (χ2n) is 7.56. The summed E-state index contributed by atoms with van der Waals surface area (Å²) >= 11 is 0. The first-order valence-electron chi connectivity index (χ1n) is 8.74. The molecule has 2 aromatic rings. The van der Waals surface area contributed by atoms with Crippen LogP contribution in [0.1, 0.15) is 58.2 Å². The number of fused-ring (bicyclic) bond motifs is 1. The summed E-state index contributed by atoms with van der Waals surface area (Å²) in [5.41, 5.74) is 0.289. The first-order valence-corrected chi connectivity index (χ1v) is 8.74. The molecule has 1 amide bonds. The Labute approximate surface area is 147 Å². The highest BCUT2D eigenvalue weighted by molar-refractivity contribution is 5.68. The van der Waals surface area contributed by atoms with Crippen LogP contribution in [0.2, 0.25) is 0 Å². The smallest absolute Gasteiger partial charge is 0.407 e. The Hall–Kier alpha value is -2.31. The summed E-state index contributed by atoms with van der Waals surface area (Å²) < 4.78 is 12.6. The molecule has 2 aromatic heterocycles. The highest BCUT2D eigenvalue weighted by Gasteiger charge is 2.29. The Bertz CT molecular complexity index is 750. The lowest BCUT2D eigenvalue weighted by Crippen LogP contribution is -2.41. The van der Waals surface area contributed by atoms with Crippen molar-refractivity contribution < 1.29 is 14.3 Å². The van der Waals surface area contributed by atoms with Crippen molar-refractivity contribution >= 4 is 11.7 Å². The van der Waals surface area contributed by atoms with Crippen LogP contribution in [0.25, 0.3) is 5.65 Å². The largest absolute Gasteiger partial charge is 0.497 e. The lowest BCUT2D eigenvalue weighted by molar-refractivity contribution is 0.0490. The van der Waals surface area contributed by atoms with Gasteiger partial charge in [-0.2, -0.15) is 0 Å². The van der Waals surface area contributed by atoms with Crippen molar-refractivity contribution in [3.63, 3.8) is 0 Å². The fraction of sp³-hybridized carbons (Fsp3) is 0.611. The van der Waals surface area contributed by atoms with Gasteiger partial charge in [0.25, 0.3) is 0 Å². The summed E-state index contributed by atoms with van der Waals surface area (Å²) in [7, 11) is 1.64. The third kappa shape index (κ3) is 4.21. The van der Waals surface area contributed by atoms with Gasteiger partial charge >= 0.3 is 6.09 Å². The number of aromatic nitrogens is 3. The van der Waals surface area contributed by atoms with Gasteiger partial charge in [0.05, 0.1) is 7.11 Å². The zero-order chi connectivity index (χ0) is 18.0. The van der Waals surface area contributed by atoms with Crippen molar-refractivity contribution in [2.45, 2.75) is 64.0 Å². The average molecular weight is 346 g/mol. The molecule has 1 N–H and O–H groups in total. The van der Waals surface area contributed by atoms with Gasteiger partial charge in [-0.1, -0.05) is 6.42 Å². The summed E-state index contributed by atoms with van der Waals surface area (Å²) in [6, 6.07) is 3.87. The van der Waals surface area contributed by atoms with Gasteiger partial charge < -0.3 is 14.8 Å². The summed E-state index contributed by atoms with van der Waals surface area (Å²) in [6.07, 6.45) is 5.46. The molecule has 25 heavy (non-hydrogen) atoms. The Morgan fingerprint density at radius 3 is 2.84 bits per heavy atom. The van der Waals surface area contributed by atoms with Gasteiger partial charge in [-0.05, 0) is 46.1 Å². The number of nitrogens with zero attached hydrogens (tertiary/aromatic N) is 3. The van der Waals surface area contributed by atoms with E-state index in [0.717, 1.165) is 42.9 Å². The van der Waals surface area contributed by atoms with E-state index in [1.54, 1.807) is 7.11 Å². The topological polar surface area (TPSA) is 77.8 Å². The van der Waals surface area contributed by atoms with Crippen LogP contribution in [0.15, 0.2) is 18.3 Å². The normalized spacial score (nSPS) is 21.1. The number of carbonyl (C=O) groups is 1. The first-order chi connectivity index (χ1) is 11.9. The molecule has 1 saturated carbocycles. The predicted octanol–water partition coefficient (Wildman–Crippen LogP) is 3.29. The highest BCUT2D eigenvalue weighted by Crippen LogP contribution is 2.32. The highest BCUT2D eigenvalue weighted by atomic mass is 16.6. The van der Waals surface area contributed by atoms with E-state index in [2.05, 4.69) is 15.5 Å². The van der Waals surface area contributed by atoms with Crippen LogP contribution in [0, 0.1) is 0 Å². The fourth-order valence-electron chi connectivity index (χ4n) is 3.33. The minimum absolute atomic E-state index is 0.0965. The third-order valence-electron chi connectivity index (χ3n) is 4.40. The van der Waals surface area contributed by atoms with Crippen molar-refractivity contribution in [3.8, 4) is 5.75 Å². The standard InChI is InChI=1S/C18H26N4O3/c1-18(2,3)25-17(23)19-13-7-5-6-12(10-13)16-21-20-15-11-14(24-4)8-9-22(15)16/h8-9,11-13H,5-7,10H2,1-4H3,(H,19,23)/t12-,13+/m0/s1. The number of pyridine rings is 1. The first kappa shape index (κ1) is 17.5. The number of hydrogen-bond acceptors (Lipinski definition) is 5. The van der Waals surface area contributed by atoms with Crippen molar-refractivity contribution in [2.24, 2.45) is 0 Å². The second-order valence-corrected chi connectivity index (χ2v) is 7.56. The monoisotopic (exact) mass is 346 g/mol. The summed E-state index contributed by atoms with van der Waals surface area (Å²) in [5.74, 6) is 1.96. The molecule has 3 rings (SSSR count). The molecule has 7 heteroatoms. The minimum Gasteiger partial charge on any atom is -0.497 e. The molecule has 2 heterocycles. The SMILES string of the molecule is COc1ccn2c([C@H]3CCC[C@@H](NC(=O)OC(C)(C)C)C3)nnc2c1. The number of ether oxygens (including phenoxy) is 2. The van der Waals surface area contributed by atoms with Crippen molar-refractivity contribution in [1.29, 1.82) is 0 Å².